The molecule has 0 rings (SSSR count). The molecular weight excluding hydrogens is 878 g/mol. The van der Waals surface area contributed by atoms with Gasteiger partial charge in [-0.1, -0.05) is 154 Å². The second-order valence-corrected chi connectivity index (χ2v) is 19.0. The molecule has 1 amide bonds. The minimum absolute atomic E-state index is 0.0757. The zero-order valence-electron chi connectivity index (χ0n) is 43.2. The zero-order valence-corrected chi connectivity index (χ0v) is 43.2. The highest BCUT2D eigenvalue weighted by Gasteiger charge is 2.41. The topological polar surface area (TPSA) is 213 Å². The number of unbranched alkanes of at least 4 members (excludes halogenated alkanes) is 24. The second kappa shape index (κ2) is 45.0. The van der Waals surface area contributed by atoms with Crippen LogP contribution < -0.4 is 27.2 Å². The number of likely N-dealkylation sites (N-methyl/N-ethyl adjacent to an activating group) is 1. The number of quaternary nitrogens is 1. The van der Waals surface area contributed by atoms with Gasteiger partial charge in [-0.05, 0) is 77.0 Å². The van der Waals surface area contributed by atoms with Gasteiger partial charge in [-0.3, -0.25) is 10.2 Å². The molecule has 0 aromatic carbocycles. The van der Waals surface area contributed by atoms with Crippen molar-refractivity contribution < 1.29 is 51.7 Å². The highest BCUT2D eigenvalue weighted by atomic mass is 19.4. The van der Waals surface area contributed by atoms with Gasteiger partial charge in [0.1, 0.15) is 18.6 Å². The van der Waals surface area contributed by atoms with E-state index in [1.807, 2.05) is 0 Å². The molecule has 0 radical (unpaired) electrons. The number of carboxylic acid groups (broad SMARTS) is 2. The Morgan fingerprint density at radius 3 is 1.46 bits per heavy atom. The third-order valence-corrected chi connectivity index (χ3v) is 11.9. The molecule has 0 aliphatic carbocycles. The number of carbonyl (C=O) groups is 3. The maximum atomic E-state index is 13.0. The summed E-state index contributed by atoms with van der Waals surface area (Å²) in [5.74, 6) is -5.31. The van der Waals surface area contributed by atoms with Gasteiger partial charge in [-0.15, -0.1) is 0 Å². The number of ether oxygens (including phenoxy) is 2. The SMILES string of the molecule is CCCCCCCC/C=C\CCCCCCCCOCC(C[N+](C)(C)CCNC(=O)[C@](N)(CCCNC(=N)N)C(=O)O)OCCCCCCCC/C=C\CCCCCCCC.O=C([O-])C(F)(F)F. The molecule has 0 saturated carbocycles. The van der Waals surface area contributed by atoms with Crippen molar-refractivity contribution in [1.29, 1.82) is 5.41 Å². The molecule has 0 aromatic rings. The van der Waals surface area contributed by atoms with Crippen molar-refractivity contribution in [2.75, 3.05) is 60.1 Å². The maximum absolute atomic E-state index is 13.0. The Morgan fingerprint density at radius 1 is 0.662 bits per heavy atom. The summed E-state index contributed by atoms with van der Waals surface area (Å²) in [6, 6.07) is 0. The molecule has 2 atom stereocenters. The molecule has 0 fully saturated rings. The maximum Gasteiger partial charge on any atom is 0.430 e. The predicted molar refractivity (Wildman–Crippen MR) is 269 cm³/mol. The van der Waals surface area contributed by atoms with Gasteiger partial charge >= 0.3 is 12.1 Å². The average Bonchev–Trinajstić information content (AvgIpc) is 3.27. The van der Waals surface area contributed by atoms with Crippen molar-refractivity contribution in [2.24, 2.45) is 11.5 Å². The number of amides is 1. The lowest BCUT2D eigenvalue weighted by Gasteiger charge is -2.34. The molecule has 8 N–H and O–H groups in total. The van der Waals surface area contributed by atoms with E-state index in [2.05, 4.69) is 62.9 Å². The number of alkyl halides is 3. The second-order valence-electron chi connectivity index (χ2n) is 19.0. The van der Waals surface area contributed by atoms with Gasteiger partial charge in [0, 0.05) is 19.8 Å². The Hall–Kier alpha value is -3.21. The van der Waals surface area contributed by atoms with Crippen LogP contribution in [0.25, 0.3) is 0 Å². The number of rotatable bonds is 46. The van der Waals surface area contributed by atoms with Crippen LogP contribution >= 0.6 is 0 Å². The molecule has 0 aliphatic heterocycles. The summed E-state index contributed by atoms with van der Waals surface area (Å²) in [5.41, 5.74) is 9.33. The summed E-state index contributed by atoms with van der Waals surface area (Å²) >= 11 is 0. The number of nitrogens with two attached hydrogens (primary N) is 2. The zero-order chi connectivity index (χ0) is 51.2. The van der Waals surface area contributed by atoms with E-state index >= 15 is 0 Å². The fourth-order valence-corrected chi connectivity index (χ4v) is 7.60. The molecular formula is C52H99F3N6O7. The number of aliphatic carboxylic acids is 2. The lowest BCUT2D eigenvalue weighted by Crippen LogP contribution is -2.61. The van der Waals surface area contributed by atoms with E-state index in [1.165, 1.54) is 161 Å². The Bertz CT molecular complexity index is 1300. The van der Waals surface area contributed by atoms with E-state index in [0.29, 0.717) is 30.8 Å². The molecule has 0 spiro atoms. The highest BCUT2D eigenvalue weighted by molar-refractivity contribution is 6.06. The van der Waals surface area contributed by atoms with Gasteiger partial charge in [0.15, 0.2) is 11.5 Å². The Labute approximate surface area is 410 Å². The molecule has 68 heavy (non-hydrogen) atoms. The number of guanidine groups is 1. The van der Waals surface area contributed by atoms with Gasteiger partial charge in [0.2, 0.25) is 0 Å². The Morgan fingerprint density at radius 2 is 1.06 bits per heavy atom. The fourth-order valence-electron chi connectivity index (χ4n) is 7.60. The molecule has 400 valence electrons. The first-order chi connectivity index (χ1) is 32.4. The molecule has 1 unspecified atom stereocenters. The summed E-state index contributed by atoms with van der Waals surface area (Å²) in [6.07, 6.45) is 40.3. The number of allylic oxidation sites excluding steroid dienone is 4. The molecule has 13 nitrogen and oxygen atoms in total. The number of carbonyl (C=O) groups excluding carboxylic acids is 2. The predicted octanol–water partition coefficient (Wildman–Crippen LogP) is 10.00. The number of nitrogens with one attached hydrogen (secondary N) is 3. The number of halogens is 3. The first kappa shape index (κ1) is 66.9. The van der Waals surface area contributed by atoms with Crippen molar-refractivity contribution >= 4 is 23.8 Å². The third-order valence-electron chi connectivity index (χ3n) is 11.9. The third kappa shape index (κ3) is 44.0. The minimum Gasteiger partial charge on any atom is -0.542 e. The van der Waals surface area contributed by atoms with E-state index in [0.717, 1.165) is 25.9 Å². The van der Waals surface area contributed by atoms with E-state index in [4.69, 9.17) is 36.3 Å². The van der Waals surface area contributed by atoms with E-state index in [-0.39, 0.29) is 38.0 Å². The molecule has 16 heteroatoms. The number of hydrogen-bond donors (Lipinski definition) is 6. The number of carboxylic acids is 2. The van der Waals surface area contributed by atoms with Crippen LogP contribution in [0.4, 0.5) is 13.2 Å². The van der Waals surface area contributed by atoms with Crippen LogP contribution in [-0.4, -0.2) is 111 Å². The van der Waals surface area contributed by atoms with Crippen LogP contribution in [0.2, 0.25) is 0 Å². The first-order valence-corrected chi connectivity index (χ1v) is 26.4. The summed E-state index contributed by atoms with van der Waals surface area (Å²) in [7, 11) is 4.19. The summed E-state index contributed by atoms with van der Waals surface area (Å²) in [6.45, 7) is 8.33. The van der Waals surface area contributed by atoms with Crippen LogP contribution in [-0.2, 0) is 23.9 Å². The van der Waals surface area contributed by atoms with Gasteiger partial charge < -0.3 is 51.1 Å². The normalized spacial score (nSPS) is 13.3. The van der Waals surface area contributed by atoms with Crippen LogP contribution in [0.1, 0.15) is 206 Å². The minimum atomic E-state index is -5.19. The van der Waals surface area contributed by atoms with Gasteiger partial charge in [0.25, 0.3) is 5.91 Å². The molecule has 0 saturated heterocycles. The number of hydrogen-bond acceptors (Lipinski definition) is 8. The van der Waals surface area contributed by atoms with E-state index in [1.54, 1.807) is 0 Å². The highest BCUT2D eigenvalue weighted by Crippen LogP contribution is 2.15. The lowest BCUT2D eigenvalue weighted by molar-refractivity contribution is -0.892. The van der Waals surface area contributed by atoms with E-state index < -0.39 is 29.6 Å². The quantitative estimate of drug-likeness (QED) is 0.00848. The summed E-state index contributed by atoms with van der Waals surface area (Å²) < 4.78 is 44.8. The Kier molecular flexibility index (Phi) is 44.2. The smallest absolute Gasteiger partial charge is 0.430 e. The van der Waals surface area contributed by atoms with Gasteiger partial charge in [-0.2, -0.15) is 13.2 Å². The Balaban J connectivity index is 0. The molecule has 0 bridgehead atoms. The van der Waals surface area contributed by atoms with Crippen molar-refractivity contribution in [3.05, 3.63) is 24.3 Å². The number of nitrogens with zero attached hydrogens (tertiary/aromatic N) is 1. The van der Waals surface area contributed by atoms with Crippen molar-refractivity contribution in [3.8, 4) is 0 Å². The summed E-state index contributed by atoms with van der Waals surface area (Å²) in [4.78, 5) is 33.7. The van der Waals surface area contributed by atoms with Crippen molar-refractivity contribution in [2.45, 2.75) is 224 Å². The van der Waals surface area contributed by atoms with E-state index in [9.17, 15) is 27.9 Å². The van der Waals surface area contributed by atoms with Gasteiger partial charge in [-0.25, -0.2) is 4.79 Å². The summed E-state index contributed by atoms with van der Waals surface area (Å²) in [5, 5.41) is 31.2. The van der Waals surface area contributed by atoms with Crippen LogP contribution in [0.3, 0.4) is 0 Å². The van der Waals surface area contributed by atoms with Crippen LogP contribution in [0, 0.1) is 5.41 Å². The molecule has 0 heterocycles. The first-order valence-electron chi connectivity index (χ1n) is 26.4. The van der Waals surface area contributed by atoms with Crippen molar-refractivity contribution in [3.63, 3.8) is 0 Å². The fraction of sp³-hybridized carbons (Fsp3) is 0.846. The monoisotopic (exact) mass is 977 g/mol. The van der Waals surface area contributed by atoms with Gasteiger partial charge in [0.05, 0.1) is 33.8 Å². The standard InChI is InChI=1S/C50H98N6O5.C2HF3O2/c1-5-7-9-11-13-15-17-19-21-23-25-27-29-31-33-35-42-60-45-46(61-43-36-34-32-30-28-26-24-22-20-18-16-14-12-10-8-6-2)44-56(3,4)41-40-54-47(57)50(53,48(58)59)38-37-39-55-49(51)52;3-2(4,5)1(6)7/h19-22,46H,5-18,23-45,53H2,1-4H3,(H5-,51,52,54,55,57,58,59);(H,6,7)/b21-19-,22-20-;/t46?,50-;/m1./s1. The molecule has 0 aromatic heterocycles. The molecule has 0 aliphatic rings. The largest absolute Gasteiger partial charge is 0.542 e. The van der Waals surface area contributed by atoms with Crippen molar-refractivity contribution in [1.82, 2.24) is 10.6 Å². The average molecular weight is 977 g/mol. The lowest BCUT2D eigenvalue weighted by atomic mass is 9.93. The van der Waals surface area contributed by atoms with Crippen LogP contribution in [0.15, 0.2) is 24.3 Å². The van der Waals surface area contributed by atoms with Crippen LogP contribution in [0.5, 0.6) is 0 Å².